The van der Waals surface area contributed by atoms with Gasteiger partial charge in [-0.25, -0.2) is 0 Å². The molecule has 5 nitrogen and oxygen atoms in total. The van der Waals surface area contributed by atoms with Gasteiger partial charge in [-0.05, 0) is 25.5 Å². The molecule has 2 rings (SSSR count). The first-order valence-electron chi connectivity index (χ1n) is 5.43. The van der Waals surface area contributed by atoms with Crippen molar-refractivity contribution in [2.24, 2.45) is 0 Å². The number of carbonyl (C=O) groups excluding carboxylic acids is 1. The van der Waals surface area contributed by atoms with Crippen LogP contribution in [0, 0.1) is 0 Å². The number of rotatable bonds is 2. The summed E-state index contributed by atoms with van der Waals surface area (Å²) >= 11 is 0. The number of carbonyl (C=O) groups is 1. The van der Waals surface area contributed by atoms with Crippen LogP contribution in [0.3, 0.4) is 0 Å². The maximum Gasteiger partial charge on any atom is 0.259 e. The predicted octanol–water partition coefficient (Wildman–Crippen LogP) is 1.01. The third kappa shape index (κ3) is 2.34. The highest BCUT2D eigenvalue weighted by atomic mass is 16.5. The van der Waals surface area contributed by atoms with E-state index in [1.165, 1.54) is 18.2 Å². The Hall–Kier alpha value is -1.75. The molecule has 3 N–H and O–H groups in total. The van der Waals surface area contributed by atoms with Crippen molar-refractivity contribution in [3.63, 3.8) is 0 Å². The van der Waals surface area contributed by atoms with Crippen LogP contribution < -0.4 is 5.32 Å². The Morgan fingerprint density at radius 2 is 2.06 bits per heavy atom. The zero-order valence-electron chi connectivity index (χ0n) is 9.56. The minimum Gasteiger partial charge on any atom is -0.507 e. The number of benzene rings is 1. The molecule has 1 aliphatic rings. The lowest BCUT2D eigenvalue weighted by molar-refractivity contribution is 0.0884. The number of nitrogens with one attached hydrogen (secondary N) is 1. The molecule has 0 radical (unpaired) electrons. The van der Waals surface area contributed by atoms with Crippen LogP contribution in [0.1, 0.15) is 23.7 Å². The Balaban J connectivity index is 2.20. The largest absolute Gasteiger partial charge is 0.507 e. The summed E-state index contributed by atoms with van der Waals surface area (Å²) in [6.07, 6.45) is 0.715. The summed E-state index contributed by atoms with van der Waals surface area (Å²) in [5.74, 6) is -0.955. The third-order valence-electron chi connectivity index (χ3n) is 2.88. The van der Waals surface area contributed by atoms with Gasteiger partial charge in [-0.2, -0.15) is 0 Å². The average Bonchev–Trinajstić information content (AvgIpc) is 2.64. The summed E-state index contributed by atoms with van der Waals surface area (Å²) in [5, 5.41) is 21.9. The number of hydrogen-bond acceptors (Lipinski definition) is 4. The Kier molecular flexibility index (Phi) is 2.93. The molecule has 0 aromatic heterocycles. The van der Waals surface area contributed by atoms with E-state index in [1.54, 1.807) is 0 Å². The van der Waals surface area contributed by atoms with Crippen molar-refractivity contribution in [3.05, 3.63) is 23.8 Å². The molecule has 1 atom stereocenters. The van der Waals surface area contributed by atoms with Crippen molar-refractivity contribution < 1.29 is 19.7 Å². The SMILES string of the molecule is CC1(NC(=O)c2c(O)cccc2O)CCOC1. The lowest BCUT2D eigenvalue weighted by atomic mass is 10.0. The minimum absolute atomic E-state index is 0.0966. The molecule has 0 bridgehead atoms. The van der Waals surface area contributed by atoms with Gasteiger partial charge in [-0.3, -0.25) is 4.79 Å². The summed E-state index contributed by atoms with van der Waals surface area (Å²) in [6, 6.07) is 4.20. The quantitative estimate of drug-likeness (QED) is 0.717. The third-order valence-corrected chi connectivity index (χ3v) is 2.88. The molecule has 1 aliphatic heterocycles. The highest BCUT2D eigenvalue weighted by Crippen LogP contribution is 2.27. The van der Waals surface area contributed by atoms with Gasteiger partial charge >= 0.3 is 0 Å². The van der Waals surface area contributed by atoms with Gasteiger partial charge in [0.1, 0.15) is 17.1 Å². The summed E-state index contributed by atoms with van der Waals surface area (Å²) in [6.45, 7) is 2.91. The van der Waals surface area contributed by atoms with E-state index in [0.29, 0.717) is 19.6 Å². The zero-order valence-corrected chi connectivity index (χ0v) is 9.56. The second kappa shape index (κ2) is 4.25. The van der Waals surface area contributed by atoms with Crippen LogP contribution in [-0.2, 0) is 4.74 Å². The molecular formula is C12H15NO4. The molecule has 1 unspecified atom stereocenters. The van der Waals surface area contributed by atoms with Gasteiger partial charge in [-0.15, -0.1) is 0 Å². The fourth-order valence-electron chi connectivity index (χ4n) is 1.86. The Morgan fingerprint density at radius 3 is 2.59 bits per heavy atom. The summed E-state index contributed by atoms with van der Waals surface area (Å²) < 4.78 is 5.22. The molecule has 0 saturated carbocycles. The number of amides is 1. The van der Waals surface area contributed by atoms with Gasteiger partial charge in [0, 0.05) is 6.61 Å². The molecule has 5 heteroatoms. The van der Waals surface area contributed by atoms with Crippen molar-refractivity contribution in [2.45, 2.75) is 18.9 Å². The first kappa shape index (κ1) is 11.7. The van der Waals surface area contributed by atoms with Crippen LogP contribution in [0.5, 0.6) is 11.5 Å². The fraction of sp³-hybridized carbons (Fsp3) is 0.417. The maximum absolute atomic E-state index is 12.0. The number of phenols is 2. The number of hydrogen-bond donors (Lipinski definition) is 3. The molecule has 1 amide bonds. The molecule has 17 heavy (non-hydrogen) atoms. The van der Waals surface area contributed by atoms with Gasteiger partial charge in [-0.1, -0.05) is 6.07 Å². The summed E-state index contributed by atoms with van der Waals surface area (Å²) in [5.41, 5.74) is -0.535. The van der Waals surface area contributed by atoms with E-state index in [2.05, 4.69) is 5.32 Å². The van der Waals surface area contributed by atoms with E-state index in [0.717, 1.165) is 0 Å². The Bertz CT molecular complexity index is 418. The minimum atomic E-state index is -0.492. The highest BCUT2D eigenvalue weighted by molar-refractivity contribution is 5.99. The fourth-order valence-corrected chi connectivity index (χ4v) is 1.86. The molecular weight excluding hydrogens is 222 g/mol. The predicted molar refractivity (Wildman–Crippen MR) is 61.1 cm³/mol. The van der Waals surface area contributed by atoms with Gasteiger partial charge in [0.25, 0.3) is 5.91 Å². The van der Waals surface area contributed by atoms with E-state index in [9.17, 15) is 15.0 Å². The molecule has 1 fully saturated rings. The van der Waals surface area contributed by atoms with Crippen LogP contribution in [0.25, 0.3) is 0 Å². The number of phenolic OH excluding ortho intramolecular Hbond substituents is 2. The average molecular weight is 237 g/mol. The Labute approximate surface area is 99.0 Å². The molecule has 92 valence electrons. The van der Waals surface area contributed by atoms with E-state index in [1.807, 2.05) is 6.92 Å². The van der Waals surface area contributed by atoms with Crippen molar-refractivity contribution in [1.29, 1.82) is 0 Å². The summed E-state index contributed by atoms with van der Waals surface area (Å²) in [7, 11) is 0. The van der Waals surface area contributed by atoms with Crippen LogP contribution in [0.15, 0.2) is 18.2 Å². The summed E-state index contributed by atoms with van der Waals surface area (Å²) in [4.78, 5) is 12.0. The van der Waals surface area contributed by atoms with E-state index < -0.39 is 11.4 Å². The smallest absolute Gasteiger partial charge is 0.259 e. The normalized spacial score (nSPS) is 23.6. The Morgan fingerprint density at radius 1 is 1.41 bits per heavy atom. The lowest BCUT2D eigenvalue weighted by Crippen LogP contribution is -2.46. The van der Waals surface area contributed by atoms with E-state index in [-0.39, 0.29) is 17.1 Å². The molecule has 1 aromatic carbocycles. The van der Waals surface area contributed by atoms with Crippen molar-refractivity contribution in [3.8, 4) is 11.5 Å². The van der Waals surface area contributed by atoms with E-state index >= 15 is 0 Å². The van der Waals surface area contributed by atoms with E-state index in [4.69, 9.17) is 4.74 Å². The molecule has 1 saturated heterocycles. The zero-order chi connectivity index (χ0) is 12.5. The molecule has 0 spiro atoms. The van der Waals surface area contributed by atoms with Gasteiger partial charge in [0.05, 0.1) is 12.1 Å². The van der Waals surface area contributed by atoms with Crippen molar-refractivity contribution in [2.75, 3.05) is 13.2 Å². The van der Waals surface area contributed by atoms with Crippen molar-refractivity contribution in [1.82, 2.24) is 5.32 Å². The van der Waals surface area contributed by atoms with Crippen LogP contribution in [-0.4, -0.2) is 34.9 Å². The molecule has 1 aromatic rings. The number of aromatic hydroxyl groups is 2. The monoisotopic (exact) mass is 237 g/mol. The molecule has 1 heterocycles. The second-order valence-corrected chi connectivity index (χ2v) is 4.49. The second-order valence-electron chi connectivity index (χ2n) is 4.49. The topological polar surface area (TPSA) is 78.8 Å². The standard InChI is InChI=1S/C12H15NO4/c1-12(5-6-17-7-12)13-11(16)10-8(14)3-2-4-9(10)15/h2-4,14-15H,5-7H2,1H3,(H,13,16). The highest BCUT2D eigenvalue weighted by Gasteiger charge is 2.32. The van der Waals surface area contributed by atoms with Crippen LogP contribution in [0.2, 0.25) is 0 Å². The first-order valence-corrected chi connectivity index (χ1v) is 5.43. The van der Waals surface area contributed by atoms with Crippen LogP contribution in [0.4, 0.5) is 0 Å². The van der Waals surface area contributed by atoms with Gasteiger partial charge in [0.2, 0.25) is 0 Å². The lowest BCUT2D eigenvalue weighted by Gasteiger charge is -2.23. The van der Waals surface area contributed by atoms with Crippen LogP contribution >= 0.6 is 0 Å². The van der Waals surface area contributed by atoms with Gasteiger partial charge < -0.3 is 20.3 Å². The first-order chi connectivity index (χ1) is 8.02. The maximum atomic E-state index is 12.0. The van der Waals surface area contributed by atoms with Crippen molar-refractivity contribution >= 4 is 5.91 Å². The molecule has 0 aliphatic carbocycles. The number of ether oxygens (including phenoxy) is 1. The van der Waals surface area contributed by atoms with Gasteiger partial charge in [0.15, 0.2) is 0 Å².